The molecule has 0 aliphatic carbocycles. The van der Waals surface area contributed by atoms with Crippen LogP contribution in [0.25, 0.3) is 0 Å². The van der Waals surface area contributed by atoms with Crippen LogP contribution in [0.4, 0.5) is 10.1 Å². The number of rotatable bonds is 7. The maximum Gasteiger partial charge on any atom is 0.233 e. The number of hydrogen-bond acceptors (Lipinski definition) is 3. The highest BCUT2D eigenvalue weighted by molar-refractivity contribution is 6.03. The number of carbonyl (C=O) groups is 1. The van der Waals surface area contributed by atoms with Crippen LogP contribution in [-0.4, -0.2) is 11.0 Å². The van der Waals surface area contributed by atoms with Gasteiger partial charge in [-0.3, -0.25) is 4.79 Å². The van der Waals surface area contributed by atoms with Gasteiger partial charge >= 0.3 is 0 Å². The van der Waals surface area contributed by atoms with Gasteiger partial charge in [0, 0.05) is 12.2 Å². The molecule has 3 atom stereocenters. The number of nitrogens with zero attached hydrogens (tertiary/aromatic N) is 1. The monoisotopic (exact) mass is 404 g/mol. The van der Waals surface area contributed by atoms with Crippen LogP contribution in [0, 0.1) is 11.7 Å². The van der Waals surface area contributed by atoms with Crippen LogP contribution in [0.15, 0.2) is 78.9 Å². The summed E-state index contributed by atoms with van der Waals surface area (Å²) in [6.07, 6.45) is 0.257. The van der Waals surface area contributed by atoms with Crippen LogP contribution in [-0.2, 0) is 11.3 Å². The summed E-state index contributed by atoms with van der Waals surface area (Å²) in [5.74, 6) is -0.493. The van der Waals surface area contributed by atoms with Gasteiger partial charge in [-0.05, 0) is 53.8 Å². The topological polar surface area (TPSA) is 66.6 Å². The molecule has 0 radical (unpaired) electrons. The van der Waals surface area contributed by atoms with Crippen molar-refractivity contribution >= 4 is 11.6 Å². The van der Waals surface area contributed by atoms with Crippen molar-refractivity contribution < 1.29 is 14.3 Å². The average Bonchev–Trinajstić information content (AvgIpc) is 2.78. The van der Waals surface area contributed by atoms with Crippen molar-refractivity contribution in [3.05, 3.63) is 101 Å². The number of aliphatic hydroxyl groups excluding tert-OH is 1. The Morgan fingerprint density at radius 3 is 2.27 bits per heavy atom. The second-order valence-electron chi connectivity index (χ2n) is 7.69. The normalized spacial score (nSPS) is 19.4. The number of amides is 1. The third kappa shape index (κ3) is 3.99. The fourth-order valence-electron chi connectivity index (χ4n) is 4.13. The molecule has 0 aromatic heterocycles. The Balaban J connectivity index is 1.53. The zero-order valence-electron chi connectivity index (χ0n) is 16.6. The molecule has 154 valence electrons. The number of nitrogens with two attached hydrogens (primary N) is 1. The van der Waals surface area contributed by atoms with Gasteiger partial charge in [0.1, 0.15) is 5.82 Å². The summed E-state index contributed by atoms with van der Waals surface area (Å²) < 4.78 is 13.1. The Kier molecular flexibility index (Phi) is 5.93. The maximum absolute atomic E-state index is 13.1. The van der Waals surface area contributed by atoms with Crippen molar-refractivity contribution in [2.45, 2.75) is 31.5 Å². The highest BCUT2D eigenvalue weighted by Crippen LogP contribution is 2.46. The summed E-state index contributed by atoms with van der Waals surface area (Å²) in [5.41, 5.74) is 9.28. The summed E-state index contributed by atoms with van der Waals surface area (Å²) in [7, 11) is 0. The average molecular weight is 404 g/mol. The van der Waals surface area contributed by atoms with E-state index < -0.39 is 6.10 Å². The first-order valence-electron chi connectivity index (χ1n) is 10.2. The first kappa shape index (κ1) is 20.3. The molecule has 3 unspecified atom stereocenters. The lowest BCUT2D eigenvalue weighted by Gasteiger charge is -2.48. The van der Waals surface area contributed by atoms with Crippen LogP contribution in [0.1, 0.15) is 41.7 Å². The molecule has 1 aliphatic heterocycles. The van der Waals surface area contributed by atoms with Gasteiger partial charge in [0.05, 0.1) is 18.1 Å². The van der Waals surface area contributed by atoms with Gasteiger partial charge in [-0.2, -0.15) is 0 Å². The summed E-state index contributed by atoms with van der Waals surface area (Å²) in [6, 6.07) is 23.5. The molecule has 4 rings (SSSR count). The minimum atomic E-state index is -0.729. The van der Waals surface area contributed by atoms with Crippen LogP contribution < -0.4 is 10.6 Å². The van der Waals surface area contributed by atoms with Gasteiger partial charge < -0.3 is 15.7 Å². The first-order chi connectivity index (χ1) is 14.6. The van der Waals surface area contributed by atoms with Gasteiger partial charge in [0.25, 0.3) is 0 Å². The Hall–Kier alpha value is -3.02. The fraction of sp³-hybridized carbons (Fsp3) is 0.240. The van der Waals surface area contributed by atoms with Crippen LogP contribution in [0.3, 0.4) is 0 Å². The summed E-state index contributed by atoms with van der Waals surface area (Å²) >= 11 is 0. The molecule has 0 bridgehead atoms. The minimum Gasteiger partial charge on any atom is -0.388 e. The molecule has 1 saturated heterocycles. The van der Waals surface area contributed by atoms with Gasteiger partial charge in [-0.15, -0.1) is 0 Å². The number of carbonyl (C=O) groups excluding carboxylic acids is 1. The summed E-state index contributed by atoms with van der Waals surface area (Å²) in [5, 5.41) is 10.5. The largest absolute Gasteiger partial charge is 0.388 e. The number of hydrogen-bond donors (Lipinski definition) is 2. The SMILES string of the molecule is NCc1ccc(N2C(=O)C(CCC(O)c3ccc(F)cc3)C2c2ccccc2)cc1. The van der Waals surface area contributed by atoms with Gasteiger partial charge in [0.2, 0.25) is 5.91 Å². The van der Waals surface area contributed by atoms with Crippen molar-refractivity contribution in [1.82, 2.24) is 0 Å². The fourth-order valence-corrected chi connectivity index (χ4v) is 4.13. The molecule has 30 heavy (non-hydrogen) atoms. The number of anilines is 1. The Morgan fingerprint density at radius 1 is 0.967 bits per heavy atom. The van der Waals surface area contributed by atoms with Crippen LogP contribution >= 0.6 is 0 Å². The highest BCUT2D eigenvalue weighted by atomic mass is 19.1. The first-order valence-corrected chi connectivity index (χ1v) is 10.2. The zero-order valence-corrected chi connectivity index (χ0v) is 16.6. The Morgan fingerprint density at radius 2 is 1.63 bits per heavy atom. The number of halogens is 1. The van der Waals surface area contributed by atoms with Crippen molar-refractivity contribution in [2.24, 2.45) is 11.7 Å². The van der Waals surface area contributed by atoms with E-state index in [-0.39, 0.29) is 23.7 Å². The van der Waals surface area contributed by atoms with Crippen molar-refractivity contribution in [3.8, 4) is 0 Å². The summed E-state index contributed by atoms with van der Waals surface area (Å²) in [6.45, 7) is 0.459. The van der Waals surface area contributed by atoms with E-state index in [2.05, 4.69) is 0 Å². The molecule has 3 aromatic rings. The van der Waals surface area contributed by atoms with Crippen LogP contribution in [0.5, 0.6) is 0 Å². The third-order valence-electron chi connectivity index (χ3n) is 5.81. The standard InChI is InChI=1S/C25H25FN2O2/c26-20-10-8-18(9-11-20)23(29)15-14-22-24(19-4-2-1-3-5-19)28(25(22)30)21-12-6-17(16-27)7-13-21/h1-13,22-24,29H,14-16,27H2. The molecule has 1 fully saturated rings. The number of aliphatic hydroxyl groups is 1. The maximum atomic E-state index is 13.1. The predicted molar refractivity (Wildman–Crippen MR) is 115 cm³/mol. The Bertz CT molecular complexity index is 990. The Labute approximate surface area is 175 Å². The second kappa shape index (κ2) is 8.78. The lowest BCUT2D eigenvalue weighted by atomic mass is 9.78. The zero-order chi connectivity index (χ0) is 21.1. The molecule has 3 aromatic carbocycles. The third-order valence-corrected chi connectivity index (χ3v) is 5.81. The highest BCUT2D eigenvalue weighted by Gasteiger charge is 2.48. The van der Waals surface area contributed by atoms with E-state index in [0.717, 1.165) is 16.8 Å². The molecule has 0 spiro atoms. The van der Waals surface area contributed by atoms with E-state index in [1.54, 1.807) is 12.1 Å². The predicted octanol–water partition coefficient (Wildman–Crippen LogP) is 4.50. The van der Waals surface area contributed by atoms with E-state index >= 15 is 0 Å². The van der Waals surface area contributed by atoms with Crippen molar-refractivity contribution in [2.75, 3.05) is 4.90 Å². The van der Waals surface area contributed by atoms with Crippen molar-refractivity contribution in [3.63, 3.8) is 0 Å². The van der Waals surface area contributed by atoms with Crippen LogP contribution in [0.2, 0.25) is 0 Å². The molecular formula is C25H25FN2O2. The smallest absolute Gasteiger partial charge is 0.233 e. The van der Waals surface area contributed by atoms with E-state index in [0.29, 0.717) is 24.9 Å². The quantitative estimate of drug-likeness (QED) is 0.570. The molecule has 5 heteroatoms. The summed E-state index contributed by atoms with van der Waals surface area (Å²) in [4.78, 5) is 14.9. The van der Waals surface area contributed by atoms with E-state index in [9.17, 15) is 14.3 Å². The second-order valence-corrected chi connectivity index (χ2v) is 7.69. The minimum absolute atomic E-state index is 0.0515. The molecule has 1 amide bonds. The molecule has 1 aliphatic rings. The van der Waals surface area contributed by atoms with Crippen molar-refractivity contribution in [1.29, 1.82) is 0 Å². The molecular weight excluding hydrogens is 379 g/mol. The molecule has 3 N–H and O–H groups in total. The van der Waals surface area contributed by atoms with E-state index in [1.165, 1.54) is 12.1 Å². The lowest BCUT2D eigenvalue weighted by Crippen LogP contribution is -2.55. The van der Waals surface area contributed by atoms with Gasteiger partial charge in [0.15, 0.2) is 0 Å². The molecule has 4 nitrogen and oxygen atoms in total. The van der Waals surface area contributed by atoms with E-state index in [1.807, 2.05) is 59.5 Å². The number of benzene rings is 3. The number of β-lactam (4-membered cyclic amide) rings is 1. The van der Waals surface area contributed by atoms with Gasteiger partial charge in [-0.25, -0.2) is 4.39 Å². The van der Waals surface area contributed by atoms with E-state index in [4.69, 9.17) is 5.73 Å². The lowest BCUT2D eigenvalue weighted by molar-refractivity contribution is -0.131. The molecule has 0 saturated carbocycles. The molecule has 1 heterocycles. The van der Waals surface area contributed by atoms with Gasteiger partial charge in [-0.1, -0.05) is 54.6 Å².